The summed E-state index contributed by atoms with van der Waals surface area (Å²) < 4.78 is 12.4. The zero-order valence-corrected chi connectivity index (χ0v) is 34.9. The minimum Gasteiger partial charge on any atom is -0.481 e. The van der Waals surface area contributed by atoms with Gasteiger partial charge in [-0.2, -0.15) is 0 Å². The quantitative estimate of drug-likeness (QED) is 0.222. The van der Waals surface area contributed by atoms with E-state index >= 15 is 0 Å². The largest absolute Gasteiger partial charge is 0.481 e. The highest BCUT2D eigenvalue weighted by Crippen LogP contribution is 2.72. The molecule has 10 unspecified atom stereocenters. The van der Waals surface area contributed by atoms with E-state index in [1.807, 2.05) is 24.3 Å². The van der Waals surface area contributed by atoms with Crippen LogP contribution in [-0.4, -0.2) is 59.5 Å². The van der Waals surface area contributed by atoms with E-state index in [-0.39, 0.29) is 52.9 Å². The van der Waals surface area contributed by atoms with Gasteiger partial charge >= 0.3 is 17.9 Å². The predicted octanol–water partition coefficient (Wildman–Crippen LogP) is 9.32. The van der Waals surface area contributed by atoms with Crippen LogP contribution in [0.2, 0.25) is 5.02 Å². The molecule has 54 heavy (non-hydrogen) atoms. The Labute approximate surface area is 328 Å². The molecule has 1 aromatic rings. The average molecular weight is 766 g/mol. The number of benzene rings is 1. The average Bonchev–Trinajstić information content (AvgIpc) is 3.39. The minimum absolute atomic E-state index is 0.0941. The van der Waals surface area contributed by atoms with Crippen molar-refractivity contribution >= 4 is 35.3 Å². The summed E-state index contributed by atoms with van der Waals surface area (Å²) in [6.45, 7) is 17.5. The number of hydrogen-bond acceptors (Lipinski definition) is 7. The summed E-state index contributed by atoms with van der Waals surface area (Å²) in [6.07, 6.45) is 7.54. The third kappa shape index (κ3) is 7.21. The van der Waals surface area contributed by atoms with Gasteiger partial charge in [0, 0.05) is 36.9 Å². The van der Waals surface area contributed by atoms with Crippen LogP contribution < -0.4 is 0 Å². The van der Waals surface area contributed by atoms with Crippen LogP contribution in [0.1, 0.15) is 125 Å². The smallest absolute Gasteiger partial charge is 0.309 e. The number of Topliss-reactive ketones (excluding diaryl/α,β-unsaturated/α-hetero) is 1. The van der Waals surface area contributed by atoms with E-state index in [1.54, 1.807) is 13.8 Å². The molecule has 5 aliphatic rings. The molecule has 0 spiro atoms. The van der Waals surface area contributed by atoms with Crippen LogP contribution in [0.25, 0.3) is 0 Å². The molecule has 4 saturated carbocycles. The number of nitrogens with zero attached hydrogens (tertiary/aromatic N) is 1. The van der Waals surface area contributed by atoms with Gasteiger partial charge < -0.3 is 14.6 Å². The number of ketones is 1. The Hall–Kier alpha value is -2.71. The molecule has 0 saturated heterocycles. The van der Waals surface area contributed by atoms with Crippen molar-refractivity contribution in [2.24, 2.45) is 57.2 Å². The number of rotatable bonds is 11. The highest BCUT2D eigenvalue weighted by atomic mass is 35.5. The van der Waals surface area contributed by atoms with Crippen LogP contribution in [0.15, 0.2) is 35.4 Å². The Bertz CT molecular complexity index is 1670. The van der Waals surface area contributed by atoms with Crippen LogP contribution in [0.5, 0.6) is 0 Å². The minimum atomic E-state index is -1.16. The molecule has 4 fully saturated rings. The number of carbonyl (C=O) groups is 4. The van der Waals surface area contributed by atoms with E-state index in [1.165, 1.54) is 12.5 Å². The monoisotopic (exact) mass is 765 g/mol. The van der Waals surface area contributed by atoms with Crippen molar-refractivity contribution in [1.29, 1.82) is 0 Å². The van der Waals surface area contributed by atoms with Crippen molar-refractivity contribution in [2.45, 2.75) is 138 Å². The second-order valence-corrected chi connectivity index (χ2v) is 19.9. The van der Waals surface area contributed by atoms with Crippen molar-refractivity contribution in [1.82, 2.24) is 4.90 Å². The number of aliphatic carboxylic acids is 1. The maximum atomic E-state index is 14.2. The van der Waals surface area contributed by atoms with Gasteiger partial charge in [-0.3, -0.25) is 24.1 Å². The standard InChI is InChI=1S/C45H64ClNO7/c1-26(2)39-34(49)22-45(37(53-28(4)48)25-47(9)24-29-10-12-30(46)13-11-29)21-17-33-31(40(39)45)14-15-36-43(7)20-18-35(27(3)32(43)16-19-44(33,36)8)54-38(50)23-42(5,6)41(51)52/h10-13,26-27,31-33,35-37H,14-25H2,1-9H3,(H,51,52). The summed E-state index contributed by atoms with van der Waals surface area (Å²) in [6, 6.07) is 7.86. The van der Waals surface area contributed by atoms with E-state index < -0.39 is 28.9 Å². The van der Waals surface area contributed by atoms with Crippen LogP contribution >= 0.6 is 11.6 Å². The molecule has 0 heterocycles. The van der Waals surface area contributed by atoms with Crippen molar-refractivity contribution in [2.75, 3.05) is 13.6 Å². The molecule has 6 rings (SSSR count). The van der Waals surface area contributed by atoms with Gasteiger partial charge in [-0.1, -0.05) is 58.4 Å². The van der Waals surface area contributed by atoms with E-state index in [0.717, 1.165) is 62.5 Å². The molecule has 5 aliphatic carbocycles. The molecule has 0 aromatic heterocycles. The lowest BCUT2D eigenvalue weighted by Gasteiger charge is -2.67. The van der Waals surface area contributed by atoms with E-state index in [9.17, 15) is 24.3 Å². The number of carbonyl (C=O) groups excluding carboxylic acids is 3. The van der Waals surface area contributed by atoms with Crippen LogP contribution in [-0.2, 0) is 35.2 Å². The molecule has 0 aliphatic heterocycles. The number of halogens is 1. The number of ether oxygens (including phenoxy) is 2. The number of hydrogen-bond donors (Lipinski definition) is 1. The molecule has 0 bridgehead atoms. The molecule has 0 radical (unpaired) electrons. The lowest BCUT2D eigenvalue weighted by molar-refractivity contribution is -0.194. The third-order valence-corrected chi connectivity index (χ3v) is 15.6. The molecular weight excluding hydrogens is 702 g/mol. The number of fused-ring (bicyclic) bond motifs is 7. The van der Waals surface area contributed by atoms with Gasteiger partial charge in [-0.15, -0.1) is 0 Å². The summed E-state index contributed by atoms with van der Waals surface area (Å²) >= 11 is 6.17. The second-order valence-electron chi connectivity index (χ2n) is 19.5. The van der Waals surface area contributed by atoms with E-state index in [2.05, 4.69) is 46.6 Å². The molecule has 298 valence electrons. The Kier molecular flexibility index (Phi) is 11.4. The summed E-state index contributed by atoms with van der Waals surface area (Å²) in [5, 5.41) is 10.3. The zero-order valence-electron chi connectivity index (χ0n) is 34.1. The SMILES string of the molecule is CC(=O)OC(CN(C)Cc1ccc(Cl)cc1)C12CCC3C(CCC4C3(C)CCC3C(C)C(OC(=O)CC(C)(C)C(=O)O)CCC34C)C1=C(C(C)C)C(=O)C2. The molecule has 8 nitrogen and oxygen atoms in total. The Morgan fingerprint density at radius 1 is 0.981 bits per heavy atom. The topological polar surface area (TPSA) is 110 Å². The summed E-state index contributed by atoms with van der Waals surface area (Å²) in [5.41, 5.74) is 1.96. The number of likely N-dealkylation sites (N-methyl/N-ethyl adjacent to an activating group) is 1. The molecule has 10 atom stereocenters. The summed E-state index contributed by atoms with van der Waals surface area (Å²) in [5.74, 6) is 0.441. The van der Waals surface area contributed by atoms with Gasteiger partial charge in [-0.25, -0.2) is 0 Å². The second kappa shape index (κ2) is 15.0. The number of esters is 2. The zero-order chi connectivity index (χ0) is 39.5. The van der Waals surface area contributed by atoms with E-state index in [0.29, 0.717) is 42.3 Å². The van der Waals surface area contributed by atoms with E-state index in [4.69, 9.17) is 21.1 Å². The first kappa shape index (κ1) is 40.9. The lowest BCUT2D eigenvalue weighted by atomic mass is 9.38. The number of carboxylic acid groups (broad SMARTS) is 1. The van der Waals surface area contributed by atoms with Gasteiger partial charge in [0.1, 0.15) is 12.2 Å². The normalized spacial score (nSPS) is 35.5. The van der Waals surface area contributed by atoms with Gasteiger partial charge in [-0.05, 0) is 147 Å². The van der Waals surface area contributed by atoms with Gasteiger partial charge in [0.2, 0.25) is 0 Å². The highest BCUT2D eigenvalue weighted by Gasteiger charge is 2.66. The van der Waals surface area contributed by atoms with Crippen molar-refractivity contribution in [3.63, 3.8) is 0 Å². The first-order chi connectivity index (χ1) is 25.2. The first-order valence-corrected chi connectivity index (χ1v) is 20.9. The number of allylic oxidation sites excluding steroid dienone is 1. The number of carboxylic acids is 1. The van der Waals surface area contributed by atoms with Crippen LogP contribution in [0.4, 0.5) is 0 Å². The maximum absolute atomic E-state index is 14.2. The lowest BCUT2D eigenvalue weighted by Crippen LogP contribution is -2.61. The maximum Gasteiger partial charge on any atom is 0.309 e. The molecular formula is C45H64ClNO7. The Morgan fingerprint density at radius 3 is 2.24 bits per heavy atom. The van der Waals surface area contributed by atoms with Gasteiger partial charge in [0.05, 0.1) is 11.8 Å². The van der Waals surface area contributed by atoms with Crippen LogP contribution in [0, 0.1) is 57.2 Å². The first-order valence-electron chi connectivity index (χ1n) is 20.5. The Balaban J connectivity index is 1.26. The summed E-state index contributed by atoms with van der Waals surface area (Å²) in [4.78, 5) is 53.9. The van der Waals surface area contributed by atoms with Crippen molar-refractivity contribution < 1.29 is 33.8 Å². The third-order valence-electron chi connectivity index (χ3n) is 15.4. The fourth-order valence-corrected chi connectivity index (χ4v) is 13.1. The fourth-order valence-electron chi connectivity index (χ4n) is 12.9. The van der Waals surface area contributed by atoms with Crippen molar-refractivity contribution in [3.8, 4) is 0 Å². The molecule has 9 heteroatoms. The fraction of sp³-hybridized carbons (Fsp3) is 0.733. The van der Waals surface area contributed by atoms with Crippen LogP contribution in [0.3, 0.4) is 0 Å². The Morgan fingerprint density at radius 2 is 1.61 bits per heavy atom. The van der Waals surface area contributed by atoms with Gasteiger partial charge in [0.25, 0.3) is 0 Å². The predicted molar refractivity (Wildman–Crippen MR) is 209 cm³/mol. The molecule has 1 aromatic carbocycles. The highest BCUT2D eigenvalue weighted by molar-refractivity contribution is 6.30. The van der Waals surface area contributed by atoms with Crippen molar-refractivity contribution in [3.05, 3.63) is 46.0 Å². The molecule has 1 N–H and O–H groups in total. The summed E-state index contributed by atoms with van der Waals surface area (Å²) in [7, 11) is 2.07. The molecule has 0 amide bonds. The van der Waals surface area contributed by atoms with Gasteiger partial charge in [0.15, 0.2) is 5.78 Å².